The van der Waals surface area contributed by atoms with E-state index in [4.69, 9.17) is 9.84 Å². The molecule has 1 unspecified atom stereocenters. The van der Waals surface area contributed by atoms with Gasteiger partial charge in [-0.2, -0.15) is 8.78 Å². The van der Waals surface area contributed by atoms with Crippen LogP contribution in [0.3, 0.4) is 0 Å². The van der Waals surface area contributed by atoms with Crippen molar-refractivity contribution in [3.63, 3.8) is 0 Å². The second-order valence-electron chi connectivity index (χ2n) is 7.65. The summed E-state index contributed by atoms with van der Waals surface area (Å²) in [6.45, 7) is -1.40. The Balaban J connectivity index is 1.44. The van der Waals surface area contributed by atoms with Gasteiger partial charge in [-0.15, -0.1) is 11.3 Å². The summed E-state index contributed by atoms with van der Waals surface area (Å²) in [7, 11) is 0. The predicted molar refractivity (Wildman–Crippen MR) is 121 cm³/mol. The van der Waals surface area contributed by atoms with Crippen molar-refractivity contribution in [2.24, 2.45) is 0 Å². The summed E-state index contributed by atoms with van der Waals surface area (Å²) in [4.78, 5) is 36.1. The van der Waals surface area contributed by atoms with Crippen LogP contribution in [0.15, 0.2) is 66.0 Å². The molecule has 1 aromatic heterocycles. The number of nitrogens with one attached hydrogen (secondary N) is 2. The highest BCUT2D eigenvalue weighted by Gasteiger charge is 2.40. The number of carbonyl (C=O) groups is 3. The van der Waals surface area contributed by atoms with E-state index >= 15 is 0 Å². The van der Waals surface area contributed by atoms with Gasteiger partial charge in [-0.05, 0) is 33.7 Å². The van der Waals surface area contributed by atoms with Crippen molar-refractivity contribution < 1.29 is 33.0 Å². The van der Waals surface area contributed by atoms with E-state index in [1.165, 1.54) is 0 Å². The molecular weight excluding hydrogens is 466 g/mol. The summed E-state index contributed by atoms with van der Waals surface area (Å²) < 4.78 is 32.2. The van der Waals surface area contributed by atoms with Crippen molar-refractivity contribution in [3.05, 3.63) is 82.0 Å². The first-order valence-electron chi connectivity index (χ1n) is 10.3. The number of hydrogen-bond acceptors (Lipinski definition) is 5. The number of halogens is 2. The molecule has 1 aliphatic carbocycles. The van der Waals surface area contributed by atoms with Crippen LogP contribution in [0.25, 0.3) is 11.1 Å². The van der Waals surface area contributed by atoms with E-state index in [0.717, 1.165) is 33.6 Å². The Morgan fingerprint density at radius 3 is 2.18 bits per heavy atom. The molecule has 176 valence electrons. The first-order valence-corrected chi connectivity index (χ1v) is 11.2. The van der Waals surface area contributed by atoms with E-state index < -0.39 is 36.5 Å². The topological polar surface area (TPSA) is 105 Å². The molecule has 1 heterocycles. The quantitative estimate of drug-likeness (QED) is 0.444. The number of hydrogen-bond donors (Lipinski definition) is 3. The Morgan fingerprint density at radius 1 is 1.00 bits per heavy atom. The van der Waals surface area contributed by atoms with Gasteiger partial charge >= 0.3 is 18.0 Å². The number of thiophene rings is 1. The zero-order chi connectivity index (χ0) is 24.3. The molecule has 3 aromatic rings. The van der Waals surface area contributed by atoms with Gasteiger partial charge in [0.25, 0.3) is 0 Å². The molecule has 0 bridgehead atoms. The average molecular weight is 486 g/mol. The third-order valence-electron chi connectivity index (χ3n) is 5.49. The van der Waals surface area contributed by atoms with Gasteiger partial charge in [0.15, 0.2) is 0 Å². The number of alkyl halides is 2. The molecule has 0 spiro atoms. The zero-order valence-corrected chi connectivity index (χ0v) is 18.5. The van der Waals surface area contributed by atoms with Crippen molar-refractivity contribution in [3.8, 4) is 11.1 Å². The van der Waals surface area contributed by atoms with Gasteiger partial charge in [-0.25, -0.2) is 9.59 Å². The lowest BCUT2D eigenvalue weighted by molar-refractivity contribution is -0.164. The van der Waals surface area contributed by atoms with Crippen molar-refractivity contribution in [2.45, 2.75) is 17.9 Å². The fourth-order valence-corrected chi connectivity index (χ4v) is 4.63. The average Bonchev–Trinajstić information content (AvgIpc) is 3.46. The molecule has 4 rings (SSSR count). The number of fused-ring (bicyclic) bond motifs is 3. The van der Waals surface area contributed by atoms with Crippen molar-refractivity contribution in [1.82, 2.24) is 10.6 Å². The van der Waals surface area contributed by atoms with E-state index in [1.54, 1.807) is 17.5 Å². The number of carbonyl (C=O) groups excluding carboxylic acids is 2. The third-order valence-corrected chi connectivity index (χ3v) is 6.43. The Bertz CT molecular complexity index is 1170. The summed E-state index contributed by atoms with van der Waals surface area (Å²) in [5.74, 6) is -7.66. The van der Waals surface area contributed by atoms with Crippen LogP contribution in [0.1, 0.15) is 28.0 Å². The molecule has 0 fully saturated rings. The fourth-order valence-electron chi connectivity index (χ4n) is 3.86. The number of benzene rings is 2. The molecular formula is C24H20F2N2O5S. The highest BCUT2D eigenvalue weighted by Crippen LogP contribution is 2.44. The molecule has 2 amide bonds. The molecule has 0 aliphatic heterocycles. The van der Waals surface area contributed by atoms with Gasteiger partial charge in [0.2, 0.25) is 5.91 Å². The van der Waals surface area contributed by atoms with Crippen molar-refractivity contribution in [1.29, 1.82) is 0 Å². The van der Waals surface area contributed by atoms with Crippen LogP contribution in [-0.2, 0) is 14.3 Å². The van der Waals surface area contributed by atoms with Crippen LogP contribution in [0, 0.1) is 0 Å². The Morgan fingerprint density at radius 2 is 1.62 bits per heavy atom. The molecule has 34 heavy (non-hydrogen) atoms. The van der Waals surface area contributed by atoms with Crippen LogP contribution in [0.2, 0.25) is 0 Å². The highest BCUT2D eigenvalue weighted by atomic mass is 32.1. The second kappa shape index (κ2) is 9.60. The summed E-state index contributed by atoms with van der Waals surface area (Å²) in [6.07, 6.45) is -0.902. The van der Waals surface area contributed by atoms with E-state index in [1.807, 2.05) is 53.8 Å². The molecule has 1 atom stereocenters. The van der Waals surface area contributed by atoms with E-state index in [2.05, 4.69) is 5.32 Å². The molecule has 7 nitrogen and oxygen atoms in total. The standard InChI is InChI=1S/C24H20F2N2O5S/c25-24(26,22(30)31)13-27-21(29)20(19-10-5-11-34-19)28-23(32)33-12-18-16-8-3-1-6-14(16)15-7-2-4-9-17(15)18/h1-11,18,20H,12-13H2,(H,27,29)(H,28,32)(H,30,31). The summed E-state index contributed by atoms with van der Waals surface area (Å²) in [5, 5.41) is 14.5. The summed E-state index contributed by atoms with van der Waals surface area (Å²) in [5.41, 5.74) is 4.14. The SMILES string of the molecule is O=C(NC(C(=O)NCC(F)(F)C(=O)O)c1cccs1)OCC1c2ccccc2-c2ccccc21. The monoisotopic (exact) mass is 486 g/mol. The predicted octanol–water partition coefficient (Wildman–Crippen LogP) is 4.16. The summed E-state index contributed by atoms with van der Waals surface area (Å²) in [6, 6.07) is 17.5. The number of ether oxygens (including phenoxy) is 1. The Hall–Kier alpha value is -3.79. The molecule has 2 aromatic carbocycles. The van der Waals surface area contributed by atoms with Gasteiger partial charge in [-0.1, -0.05) is 54.6 Å². The van der Waals surface area contributed by atoms with E-state index in [0.29, 0.717) is 4.88 Å². The molecule has 10 heteroatoms. The molecule has 0 saturated carbocycles. The largest absolute Gasteiger partial charge is 0.477 e. The third kappa shape index (κ3) is 4.76. The number of rotatable bonds is 8. The van der Waals surface area contributed by atoms with Crippen LogP contribution in [0.4, 0.5) is 13.6 Å². The minimum atomic E-state index is -4.14. The summed E-state index contributed by atoms with van der Waals surface area (Å²) >= 11 is 1.13. The lowest BCUT2D eigenvalue weighted by Crippen LogP contribution is -2.46. The van der Waals surface area contributed by atoms with Crippen LogP contribution < -0.4 is 10.6 Å². The highest BCUT2D eigenvalue weighted by molar-refractivity contribution is 7.10. The van der Waals surface area contributed by atoms with Gasteiger partial charge in [-0.3, -0.25) is 4.79 Å². The maximum Gasteiger partial charge on any atom is 0.408 e. The lowest BCUT2D eigenvalue weighted by Gasteiger charge is -2.20. The lowest BCUT2D eigenvalue weighted by atomic mass is 9.98. The van der Waals surface area contributed by atoms with Crippen molar-refractivity contribution >= 4 is 29.3 Å². The van der Waals surface area contributed by atoms with Crippen LogP contribution in [-0.4, -0.2) is 42.2 Å². The first-order chi connectivity index (χ1) is 16.3. The number of alkyl carbamates (subject to hydrolysis) is 1. The van der Waals surface area contributed by atoms with Crippen LogP contribution in [0.5, 0.6) is 0 Å². The molecule has 0 saturated heterocycles. The number of carboxylic acids is 1. The van der Waals surface area contributed by atoms with E-state index in [-0.39, 0.29) is 12.5 Å². The smallest absolute Gasteiger partial charge is 0.408 e. The van der Waals surface area contributed by atoms with E-state index in [9.17, 15) is 23.2 Å². The molecule has 3 N–H and O–H groups in total. The minimum absolute atomic E-state index is 0.00965. The maximum atomic E-state index is 13.4. The van der Waals surface area contributed by atoms with Gasteiger partial charge < -0.3 is 20.5 Å². The van der Waals surface area contributed by atoms with Gasteiger partial charge in [0.1, 0.15) is 12.6 Å². The van der Waals surface area contributed by atoms with Gasteiger partial charge in [0.05, 0.1) is 6.54 Å². The number of amides is 2. The fraction of sp³-hybridized carbons (Fsp3) is 0.208. The maximum absolute atomic E-state index is 13.4. The number of aliphatic carboxylic acids is 1. The normalized spacial score (nSPS) is 13.5. The first kappa shape index (κ1) is 23.4. The molecule has 1 aliphatic rings. The van der Waals surface area contributed by atoms with Gasteiger partial charge in [0, 0.05) is 10.8 Å². The Kier molecular flexibility index (Phi) is 6.60. The Labute approximate surface area is 197 Å². The minimum Gasteiger partial charge on any atom is -0.477 e. The molecule has 0 radical (unpaired) electrons. The second-order valence-corrected chi connectivity index (χ2v) is 8.62. The zero-order valence-electron chi connectivity index (χ0n) is 17.7. The number of carboxylic acid groups (broad SMARTS) is 1. The van der Waals surface area contributed by atoms with Crippen LogP contribution >= 0.6 is 11.3 Å². The van der Waals surface area contributed by atoms with Crippen molar-refractivity contribution in [2.75, 3.05) is 13.2 Å².